The molecule has 0 radical (unpaired) electrons. The van der Waals surface area contributed by atoms with Crippen LogP contribution in [0.2, 0.25) is 5.02 Å². The van der Waals surface area contributed by atoms with Crippen LogP contribution in [0.25, 0.3) is 0 Å². The van der Waals surface area contributed by atoms with E-state index in [-0.39, 0.29) is 18.3 Å². The fourth-order valence-electron chi connectivity index (χ4n) is 3.81. The van der Waals surface area contributed by atoms with Crippen molar-refractivity contribution in [3.05, 3.63) is 81.7 Å². The maximum Gasteiger partial charge on any atom is 0.260 e. The number of piperazine rings is 1. The monoisotopic (exact) mass is 467 g/mol. The Morgan fingerprint density at radius 1 is 0.970 bits per heavy atom. The van der Waals surface area contributed by atoms with Gasteiger partial charge in [-0.15, -0.1) is 0 Å². The van der Waals surface area contributed by atoms with Crippen LogP contribution in [0.15, 0.2) is 53.1 Å². The van der Waals surface area contributed by atoms with Crippen LogP contribution < -0.4 is 4.74 Å². The van der Waals surface area contributed by atoms with Crippen molar-refractivity contribution in [1.82, 2.24) is 15.0 Å². The highest BCUT2D eigenvalue weighted by atomic mass is 35.5. The molecule has 1 saturated heterocycles. The average Bonchev–Trinajstić information content (AvgIpc) is 3.15. The molecule has 172 valence electrons. The first-order valence-electron chi connectivity index (χ1n) is 10.9. The average molecular weight is 468 g/mol. The van der Waals surface area contributed by atoms with Gasteiger partial charge in [0, 0.05) is 54.4 Å². The van der Waals surface area contributed by atoms with E-state index in [4.69, 9.17) is 20.9 Å². The molecule has 7 nitrogen and oxygen atoms in total. The molecule has 2 aromatic carbocycles. The van der Waals surface area contributed by atoms with Gasteiger partial charge in [-0.3, -0.25) is 14.5 Å². The molecule has 0 unspecified atom stereocenters. The molecule has 0 bridgehead atoms. The van der Waals surface area contributed by atoms with Crippen LogP contribution in [-0.4, -0.2) is 59.4 Å². The Hall–Kier alpha value is -3.16. The molecule has 1 aliphatic rings. The lowest BCUT2D eigenvalue weighted by Crippen LogP contribution is -2.49. The maximum atomic E-state index is 12.6. The second kappa shape index (κ2) is 10.2. The zero-order valence-corrected chi connectivity index (χ0v) is 19.5. The summed E-state index contributed by atoms with van der Waals surface area (Å²) in [6.45, 7) is 7.50. The van der Waals surface area contributed by atoms with Crippen LogP contribution in [0, 0.1) is 13.8 Å². The molecule has 0 N–H and O–H groups in total. The summed E-state index contributed by atoms with van der Waals surface area (Å²) in [4.78, 5) is 29.3. The summed E-state index contributed by atoms with van der Waals surface area (Å²) in [5.41, 5.74) is 3.15. The van der Waals surface area contributed by atoms with Crippen molar-refractivity contribution < 1.29 is 18.8 Å². The lowest BCUT2D eigenvalue weighted by molar-refractivity contribution is -0.135. The molecule has 1 aliphatic heterocycles. The van der Waals surface area contributed by atoms with Crippen LogP contribution in [0.1, 0.15) is 32.9 Å². The second-order valence-electron chi connectivity index (χ2n) is 8.11. The number of carbonyl (C=O) groups is 2. The number of carbonyl (C=O) groups excluding carboxylic acids is 2. The molecular formula is C25H26ClN3O4. The largest absolute Gasteiger partial charge is 0.484 e. The van der Waals surface area contributed by atoms with E-state index >= 15 is 0 Å². The predicted octanol–water partition coefficient (Wildman–Crippen LogP) is 3.90. The molecule has 3 aromatic rings. The van der Waals surface area contributed by atoms with Crippen LogP contribution in [0.3, 0.4) is 0 Å². The summed E-state index contributed by atoms with van der Waals surface area (Å²) in [5, 5.41) is 4.59. The summed E-state index contributed by atoms with van der Waals surface area (Å²) in [6.07, 6.45) is 0. The summed E-state index contributed by atoms with van der Waals surface area (Å²) < 4.78 is 10.9. The highest BCUT2D eigenvalue weighted by Crippen LogP contribution is 2.18. The predicted molar refractivity (Wildman–Crippen MR) is 125 cm³/mol. The number of ketones is 1. The Kier molecular flexibility index (Phi) is 7.11. The molecule has 0 spiro atoms. The fraction of sp³-hybridized carbons (Fsp3) is 0.320. The van der Waals surface area contributed by atoms with Gasteiger partial charge in [-0.25, -0.2) is 0 Å². The molecule has 1 amide bonds. The van der Waals surface area contributed by atoms with Crippen molar-refractivity contribution in [2.75, 3.05) is 32.8 Å². The van der Waals surface area contributed by atoms with Crippen LogP contribution >= 0.6 is 11.6 Å². The molecular weight excluding hydrogens is 442 g/mol. The maximum absolute atomic E-state index is 12.6. The van der Waals surface area contributed by atoms with E-state index in [2.05, 4.69) is 10.1 Å². The molecule has 0 aliphatic carbocycles. The van der Waals surface area contributed by atoms with E-state index in [0.717, 1.165) is 36.7 Å². The number of aryl methyl sites for hydroxylation is 2. The lowest BCUT2D eigenvalue weighted by Gasteiger charge is -2.34. The molecule has 2 heterocycles. The van der Waals surface area contributed by atoms with E-state index in [1.165, 1.54) is 0 Å². The fourth-order valence-corrected chi connectivity index (χ4v) is 3.94. The zero-order chi connectivity index (χ0) is 23.4. The Balaban J connectivity index is 1.24. The van der Waals surface area contributed by atoms with Crippen LogP contribution in [0.5, 0.6) is 5.75 Å². The van der Waals surface area contributed by atoms with Gasteiger partial charge >= 0.3 is 0 Å². The number of rotatable bonds is 7. The van der Waals surface area contributed by atoms with Crippen LogP contribution in [0.4, 0.5) is 0 Å². The van der Waals surface area contributed by atoms with Gasteiger partial charge in [0.15, 0.2) is 12.4 Å². The van der Waals surface area contributed by atoms with E-state index < -0.39 is 0 Å². The first-order chi connectivity index (χ1) is 15.9. The number of ether oxygens (including phenoxy) is 1. The molecule has 1 fully saturated rings. The van der Waals surface area contributed by atoms with Gasteiger partial charge in [-0.05, 0) is 62.4 Å². The Morgan fingerprint density at radius 3 is 2.15 bits per heavy atom. The summed E-state index contributed by atoms with van der Waals surface area (Å²) >= 11 is 5.88. The third kappa shape index (κ3) is 5.61. The van der Waals surface area contributed by atoms with Crippen molar-refractivity contribution in [3.8, 4) is 5.75 Å². The highest BCUT2D eigenvalue weighted by molar-refractivity contribution is 6.30. The summed E-state index contributed by atoms with van der Waals surface area (Å²) in [5.74, 6) is 1.25. The number of aromatic nitrogens is 1. The zero-order valence-electron chi connectivity index (χ0n) is 18.7. The molecule has 1 aromatic heterocycles. The van der Waals surface area contributed by atoms with Crippen molar-refractivity contribution in [2.45, 2.75) is 20.4 Å². The number of benzene rings is 2. The van der Waals surface area contributed by atoms with Crippen molar-refractivity contribution in [1.29, 1.82) is 0 Å². The Bertz CT molecular complexity index is 1100. The quantitative estimate of drug-likeness (QED) is 0.490. The minimum atomic E-state index is -0.0937. The van der Waals surface area contributed by atoms with Crippen molar-refractivity contribution >= 4 is 23.3 Å². The topological polar surface area (TPSA) is 75.9 Å². The summed E-state index contributed by atoms with van der Waals surface area (Å²) in [6, 6.07) is 13.6. The minimum absolute atomic E-state index is 0.0334. The summed E-state index contributed by atoms with van der Waals surface area (Å²) in [7, 11) is 0. The molecule has 0 atom stereocenters. The van der Waals surface area contributed by atoms with E-state index in [0.29, 0.717) is 35.0 Å². The number of amides is 1. The second-order valence-corrected chi connectivity index (χ2v) is 8.55. The van der Waals surface area contributed by atoms with E-state index in [1.807, 2.05) is 18.7 Å². The first-order valence-corrected chi connectivity index (χ1v) is 11.2. The molecule has 0 saturated carbocycles. The van der Waals surface area contributed by atoms with E-state index in [9.17, 15) is 9.59 Å². The Labute approximate surface area is 197 Å². The molecule has 33 heavy (non-hydrogen) atoms. The van der Waals surface area contributed by atoms with Gasteiger partial charge in [0.1, 0.15) is 11.5 Å². The molecule has 4 rings (SSSR count). The third-order valence-electron chi connectivity index (χ3n) is 5.87. The number of nitrogens with zero attached hydrogens (tertiary/aromatic N) is 3. The van der Waals surface area contributed by atoms with Gasteiger partial charge < -0.3 is 14.2 Å². The van der Waals surface area contributed by atoms with Gasteiger partial charge in [-0.2, -0.15) is 0 Å². The SMILES string of the molecule is Cc1noc(C)c1CN1CCN(C(=O)COc2ccc(C(=O)c3ccc(Cl)cc3)cc2)CC1. The minimum Gasteiger partial charge on any atom is -0.484 e. The third-order valence-corrected chi connectivity index (χ3v) is 6.13. The van der Waals surface area contributed by atoms with Gasteiger partial charge in [0.25, 0.3) is 5.91 Å². The van der Waals surface area contributed by atoms with Gasteiger partial charge in [-0.1, -0.05) is 16.8 Å². The van der Waals surface area contributed by atoms with Crippen LogP contribution in [-0.2, 0) is 11.3 Å². The first kappa shape index (κ1) is 23.0. The normalized spacial score (nSPS) is 14.3. The smallest absolute Gasteiger partial charge is 0.260 e. The van der Waals surface area contributed by atoms with Crippen molar-refractivity contribution in [3.63, 3.8) is 0 Å². The van der Waals surface area contributed by atoms with Gasteiger partial charge in [0.05, 0.1) is 5.69 Å². The van der Waals surface area contributed by atoms with Crippen molar-refractivity contribution in [2.24, 2.45) is 0 Å². The lowest BCUT2D eigenvalue weighted by atomic mass is 10.0. The number of hydrogen-bond donors (Lipinski definition) is 0. The highest BCUT2D eigenvalue weighted by Gasteiger charge is 2.23. The standard InChI is InChI=1S/C25H26ClN3O4/c1-17-23(18(2)33-27-17)15-28-11-13-29(14-12-28)24(30)16-32-22-9-5-20(6-10-22)25(31)19-3-7-21(26)8-4-19/h3-10H,11-16H2,1-2H3. The Morgan fingerprint density at radius 2 is 1.58 bits per heavy atom. The molecule has 8 heteroatoms. The van der Waals surface area contributed by atoms with E-state index in [1.54, 1.807) is 48.5 Å². The number of hydrogen-bond acceptors (Lipinski definition) is 6. The van der Waals surface area contributed by atoms with Gasteiger partial charge in [0.2, 0.25) is 0 Å². The number of halogens is 1.